The van der Waals surface area contributed by atoms with Crippen LogP contribution in [0.3, 0.4) is 0 Å². The van der Waals surface area contributed by atoms with Gasteiger partial charge in [0.1, 0.15) is 0 Å². The van der Waals surface area contributed by atoms with Gasteiger partial charge in [0, 0.05) is 19.2 Å². The molecule has 0 N–H and O–H groups in total. The van der Waals surface area contributed by atoms with E-state index >= 15 is 0 Å². The maximum absolute atomic E-state index is 11.5. The highest BCUT2D eigenvalue weighted by Gasteiger charge is 2.13. The molecule has 6 heteroatoms. The third-order valence-corrected chi connectivity index (χ3v) is 9.54. The molecule has 0 fully saturated rings. The zero-order chi connectivity index (χ0) is 23.4. The molecule has 0 aliphatic heterocycles. The lowest BCUT2D eigenvalue weighted by Gasteiger charge is -1.98. The second-order valence-electron chi connectivity index (χ2n) is 7.41. The van der Waals surface area contributed by atoms with Crippen molar-refractivity contribution < 1.29 is 9.59 Å². The second-order valence-corrected chi connectivity index (χ2v) is 12.2. The molecule has 2 nitrogen and oxygen atoms in total. The fourth-order valence-corrected chi connectivity index (χ4v) is 7.43. The molecule has 2 heterocycles. The van der Waals surface area contributed by atoms with E-state index in [4.69, 9.17) is 0 Å². The standard InChI is InChI=1S/2C13H14OS2/c2*1-4-15-10-5-6-11-8(2)13(9(3)14)16-12(11)7-10/h2*5-7H,4H2,1-3H3. The van der Waals surface area contributed by atoms with Crippen LogP contribution in [-0.2, 0) is 0 Å². The maximum Gasteiger partial charge on any atom is 0.170 e. The third-order valence-electron chi connectivity index (χ3n) is 5.08. The molecular formula is C26H28O2S4. The molecule has 0 radical (unpaired) electrons. The summed E-state index contributed by atoms with van der Waals surface area (Å²) in [6, 6.07) is 12.9. The molecule has 2 aromatic heterocycles. The first kappa shape index (κ1) is 25.0. The first-order valence-corrected chi connectivity index (χ1v) is 14.2. The summed E-state index contributed by atoms with van der Waals surface area (Å²) in [5, 5.41) is 2.44. The normalized spacial score (nSPS) is 10.9. The number of aryl methyl sites for hydroxylation is 2. The summed E-state index contributed by atoms with van der Waals surface area (Å²) in [5.74, 6) is 2.50. The average Bonchev–Trinajstić information content (AvgIpc) is 3.26. The van der Waals surface area contributed by atoms with Crippen molar-refractivity contribution in [3.8, 4) is 0 Å². The van der Waals surface area contributed by atoms with Gasteiger partial charge in [-0.3, -0.25) is 9.59 Å². The molecule has 0 unspecified atom stereocenters. The van der Waals surface area contributed by atoms with Crippen molar-refractivity contribution in [3.05, 3.63) is 57.3 Å². The van der Waals surface area contributed by atoms with Gasteiger partial charge < -0.3 is 0 Å². The van der Waals surface area contributed by atoms with Crippen LogP contribution in [0.15, 0.2) is 46.2 Å². The van der Waals surface area contributed by atoms with Crippen LogP contribution in [0.5, 0.6) is 0 Å². The Morgan fingerprint density at radius 3 is 1.41 bits per heavy atom. The van der Waals surface area contributed by atoms with Crippen LogP contribution in [0.4, 0.5) is 0 Å². The first-order chi connectivity index (χ1) is 15.3. The monoisotopic (exact) mass is 500 g/mol. The van der Waals surface area contributed by atoms with Crippen molar-refractivity contribution in [3.63, 3.8) is 0 Å². The van der Waals surface area contributed by atoms with Crippen LogP contribution < -0.4 is 0 Å². The quantitative estimate of drug-likeness (QED) is 0.195. The number of thioether (sulfide) groups is 2. The fraction of sp³-hybridized carbons (Fsp3) is 0.308. The maximum atomic E-state index is 11.5. The van der Waals surface area contributed by atoms with Gasteiger partial charge in [0.25, 0.3) is 0 Å². The van der Waals surface area contributed by atoms with E-state index in [0.29, 0.717) is 0 Å². The van der Waals surface area contributed by atoms with Crippen LogP contribution >= 0.6 is 46.2 Å². The number of thiophene rings is 2. The van der Waals surface area contributed by atoms with Gasteiger partial charge in [0.05, 0.1) is 9.75 Å². The minimum Gasteiger partial charge on any atom is -0.294 e. The van der Waals surface area contributed by atoms with Crippen LogP contribution in [0.1, 0.15) is 58.2 Å². The van der Waals surface area contributed by atoms with Crippen LogP contribution in [0.25, 0.3) is 20.2 Å². The molecule has 0 bridgehead atoms. The molecule has 2 aromatic carbocycles. The summed E-state index contributed by atoms with van der Waals surface area (Å²) in [6.45, 7) is 11.6. The number of fused-ring (bicyclic) bond motifs is 2. The second kappa shape index (κ2) is 11.0. The highest BCUT2D eigenvalue weighted by Crippen LogP contribution is 2.35. The van der Waals surface area contributed by atoms with E-state index in [0.717, 1.165) is 32.4 Å². The number of hydrogen-bond acceptors (Lipinski definition) is 6. The summed E-state index contributed by atoms with van der Waals surface area (Å²) >= 11 is 6.89. The molecule has 0 aliphatic rings. The Kier molecular flexibility index (Phi) is 8.62. The van der Waals surface area contributed by atoms with Gasteiger partial charge in [-0.05, 0) is 85.4 Å². The van der Waals surface area contributed by atoms with Crippen LogP contribution in [0, 0.1) is 13.8 Å². The Morgan fingerprint density at radius 2 is 1.09 bits per heavy atom. The van der Waals surface area contributed by atoms with Crippen molar-refractivity contribution in [1.29, 1.82) is 0 Å². The van der Waals surface area contributed by atoms with Crippen LogP contribution in [0.2, 0.25) is 0 Å². The van der Waals surface area contributed by atoms with Gasteiger partial charge >= 0.3 is 0 Å². The summed E-state index contributed by atoms with van der Waals surface area (Å²) in [4.78, 5) is 27.3. The molecule has 0 atom stereocenters. The molecule has 0 amide bonds. The van der Waals surface area contributed by atoms with E-state index in [9.17, 15) is 9.59 Å². The molecule has 0 spiro atoms. The minimum absolute atomic E-state index is 0.170. The lowest BCUT2D eigenvalue weighted by atomic mass is 10.1. The van der Waals surface area contributed by atoms with Crippen molar-refractivity contribution >= 4 is 77.9 Å². The number of benzene rings is 2. The van der Waals surface area contributed by atoms with Crippen molar-refractivity contribution in [2.45, 2.75) is 51.3 Å². The Bertz CT molecular complexity index is 1180. The van der Waals surface area contributed by atoms with Crippen molar-refractivity contribution in [1.82, 2.24) is 0 Å². The molecule has 0 aliphatic carbocycles. The predicted octanol–water partition coefficient (Wildman–Crippen LogP) is 9.05. The SMILES string of the molecule is CCSc1ccc2c(C)c(C(C)=O)sc2c1.CCSc1ccc2c(C)c(C(C)=O)sc2c1. The zero-order valence-electron chi connectivity index (χ0n) is 19.3. The fourth-order valence-electron chi connectivity index (χ4n) is 3.60. The topological polar surface area (TPSA) is 34.1 Å². The van der Waals surface area contributed by atoms with Gasteiger partial charge in [-0.15, -0.1) is 46.2 Å². The van der Waals surface area contributed by atoms with E-state index in [1.165, 1.54) is 30.0 Å². The number of rotatable bonds is 6. The largest absolute Gasteiger partial charge is 0.294 e. The Labute approximate surface area is 206 Å². The lowest BCUT2D eigenvalue weighted by molar-refractivity contribution is 0.101. The molecule has 4 aromatic rings. The molecule has 32 heavy (non-hydrogen) atoms. The number of carbonyl (C=O) groups excluding carboxylic acids is 2. The van der Waals surface area contributed by atoms with E-state index in [-0.39, 0.29) is 11.6 Å². The summed E-state index contributed by atoms with van der Waals surface area (Å²) in [5.41, 5.74) is 2.25. The summed E-state index contributed by atoms with van der Waals surface area (Å²) in [7, 11) is 0. The van der Waals surface area contributed by atoms with Gasteiger partial charge in [-0.2, -0.15) is 0 Å². The lowest BCUT2D eigenvalue weighted by Crippen LogP contribution is -1.88. The van der Waals surface area contributed by atoms with Gasteiger partial charge in [0.15, 0.2) is 11.6 Å². The third kappa shape index (κ3) is 5.48. The van der Waals surface area contributed by atoms with E-state index in [1.807, 2.05) is 37.4 Å². The van der Waals surface area contributed by atoms with E-state index in [1.54, 1.807) is 36.5 Å². The van der Waals surface area contributed by atoms with Gasteiger partial charge in [0.2, 0.25) is 0 Å². The highest BCUT2D eigenvalue weighted by atomic mass is 32.2. The molecular weight excluding hydrogens is 473 g/mol. The van der Waals surface area contributed by atoms with Crippen molar-refractivity contribution in [2.24, 2.45) is 0 Å². The Hall–Kier alpha value is -1.60. The average molecular weight is 501 g/mol. The minimum atomic E-state index is 0.170. The number of hydrogen-bond donors (Lipinski definition) is 0. The Balaban J connectivity index is 0.000000181. The molecule has 168 valence electrons. The van der Waals surface area contributed by atoms with E-state index in [2.05, 4.69) is 50.2 Å². The Morgan fingerprint density at radius 1 is 0.719 bits per heavy atom. The number of ketones is 2. The van der Waals surface area contributed by atoms with Gasteiger partial charge in [-0.25, -0.2) is 0 Å². The van der Waals surface area contributed by atoms with Crippen molar-refractivity contribution in [2.75, 3.05) is 11.5 Å². The highest BCUT2D eigenvalue weighted by molar-refractivity contribution is 7.99. The smallest absolute Gasteiger partial charge is 0.170 e. The summed E-state index contributed by atoms with van der Waals surface area (Å²) in [6.07, 6.45) is 0. The molecule has 4 rings (SSSR count). The predicted molar refractivity (Wildman–Crippen MR) is 146 cm³/mol. The summed E-state index contributed by atoms with van der Waals surface area (Å²) < 4.78 is 2.45. The molecule has 0 saturated carbocycles. The number of carbonyl (C=O) groups is 2. The number of Topliss-reactive ketones (excluding diaryl/α,β-unsaturated/α-hetero) is 2. The van der Waals surface area contributed by atoms with Crippen LogP contribution in [-0.4, -0.2) is 23.1 Å². The van der Waals surface area contributed by atoms with Gasteiger partial charge in [-0.1, -0.05) is 26.0 Å². The van der Waals surface area contributed by atoms with E-state index < -0.39 is 0 Å². The first-order valence-electron chi connectivity index (χ1n) is 10.6. The zero-order valence-corrected chi connectivity index (χ0v) is 22.6. The molecule has 0 saturated heterocycles.